The minimum absolute atomic E-state index is 0.421. The molecule has 0 aliphatic carbocycles. The molecule has 2 aromatic rings. The second kappa shape index (κ2) is 4.29. The van der Waals surface area contributed by atoms with Crippen LogP contribution in [0.1, 0.15) is 12.5 Å². The van der Waals surface area contributed by atoms with E-state index < -0.39 is 0 Å². The Bertz CT molecular complexity index is 563. The summed E-state index contributed by atoms with van der Waals surface area (Å²) < 4.78 is 6.97. The predicted octanol–water partition coefficient (Wildman–Crippen LogP) is 1.40. The largest absolute Gasteiger partial charge is 0.345 e. The van der Waals surface area contributed by atoms with Gasteiger partial charge in [0.25, 0.3) is 11.8 Å². The van der Waals surface area contributed by atoms with Crippen LogP contribution in [-0.4, -0.2) is 28.3 Å². The van der Waals surface area contributed by atoms with Gasteiger partial charge in [0.2, 0.25) is 0 Å². The van der Waals surface area contributed by atoms with Gasteiger partial charge in [0.1, 0.15) is 11.8 Å². The minimum Gasteiger partial charge on any atom is -0.345 e. The van der Waals surface area contributed by atoms with Crippen molar-refractivity contribution in [2.45, 2.75) is 6.92 Å². The summed E-state index contributed by atoms with van der Waals surface area (Å²) in [5.41, 5.74) is 1.32. The van der Waals surface area contributed by atoms with E-state index in [1.54, 1.807) is 16.8 Å². The molecule has 88 valence electrons. The highest BCUT2D eigenvalue weighted by Crippen LogP contribution is 2.21. The normalized spacial score (nSPS) is 10.2. The topological polar surface area (TPSA) is 70.9 Å². The summed E-state index contributed by atoms with van der Waals surface area (Å²) in [6.07, 6.45) is 1.72. The van der Waals surface area contributed by atoms with Gasteiger partial charge in [-0.2, -0.15) is 10.2 Å². The van der Waals surface area contributed by atoms with Crippen LogP contribution in [0, 0.1) is 11.3 Å². The highest BCUT2D eigenvalue weighted by molar-refractivity contribution is 5.54. The maximum atomic E-state index is 8.82. The number of anilines is 1. The first-order valence-electron chi connectivity index (χ1n) is 5.27. The van der Waals surface area contributed by atoms with E-state index in [4.69, 9.17) is 9.78 Å². The van der Waals surface area contributed by atoms with E-state index >= 15 is 0 Å². The van der Waals surface area contributed by atoms with Crippen LogP contribution in [0.5, 0.6) is 0 Å². The first kappa shape index (κ1) is 11.2. The first-order valence-corrected chi connectivity index (χ1v) is 5.27. The molecular formula is C11H13N5O. The van der Waals surface area contributed by atoms with Crippen molar-refractivity contribution in [3.8, 4) is 17.7 Å². The zero-order valence-corrected chi connectivity index (χ0v) is 10.0. The Hall–Kier alpha value is -2.29. The van der Waals surface area contributed by atoms with Gasteiger partial charge in [-0.1, -0.05) is 0 Å². The third-order valence-electron chi connectivity index (χ3n) is 2.58. The highest BCUT2D eigenvalue weighted by Gasteiger charge is 2.14. The highest BCUT2D eigenvalue weighted by atomic mass is 16.5. The number of nitrogens with zero attached hydrogens (tertiary/aromatic N) is 5. The van der Waals surface area contributed by atoms with Gasteiger partial charge in [-0.05, 0) is 18.1 Å². The van der Waals surface area contributed by atoms with E-state index in [2.05, 4.69) is 16.2 Å². The van der Waals surface area contributed by atoms with Crippen LogP contribution >= 0.6 is 0 Å². The Balaban J connectivity index is 2.37. The Morgan fingerprint density at radius 3 is 2.94 bits per heavy atom. The number of hydrogen-bond donors (Lipinski definition) is 0. The number of rotatable bonds is 3. The minimum atomic E-state index is 0.421. The molecule has 0 spiro atoms. The van der Waals surface area contributed by atoms with Gasteiger partial charge >= 0.3 is 0 Å². The van der Waals surface area contributed by atoms with Crippen molar-refractivity contribution in [3.63, 3.8) is 0 Å². The third kappa shape index (κ3) is 1.99. The monoisotopic (exact) mass is 231 g/mol. The Kier molecular flexibility index (Phi) is 2.83. The Morgan fingerprint density at radius 1 is 1.59 bits per heavy atom. The van der Waals surface area contributed by atoms with E-state index in [0.29, 0.717) is 17.4 Å². The molecule has 0 aliphatic rings. The standard InChI is InChI=1S/C11H13N5O/c1-4-15(2)11-13-10(17-14-11)9-5-8(6-12)7-16(9)3/h5,7H,4H2,1-3H3. The average Bonchev–Trinajstić information content (AvgIpc) is 2.94. The van der Waals surface area contributed by atoms with E-state index in [9.17, 15) is 0 Å². The van der Waals surface area contributed by atoms with E-state index in [1.165, 1.54) is 0 Å². The van der Waals surface area contributed by atoms with E-state index in [-0.39, 0.29) is 0 Å². The zero-order valence-electron chi connectivity index (χ0n) is 10.0. The van der Waals surface area contributed by atoms with Crippen molar-refractivity contribution >= 4 is 5.95 Å². The second-order valence-electron chi connectivity index (χ2n) is 3.75. The SMILES string of the molecule is CCN(C)c1noc(-c2cc(C#N)cn2C)n1. The van der Waals surface area contributed by atoms with Crippen molar-refractivity contribution in [2.75, 3.05) is 18.5 Å². The molecule has 0 radical (unpaired) electrons. The predicted molar refractivity (Wildman–Crippen MR) is 62.4 cm³/mol. The molecule has 2 rings (SSSR count). The molecule has 0 atom stereocenters. The lowest BCUT2D eigenvalue weighted by molar-refractivity contribution is 0.427. The van der Waals surface area contributed by atoms with Gasteiger partial charge in [-0.25, -0.2) is 0 Å². The molecule has 0 N–H and O–H groups in total. The molecule has 0 aromatic carbocycles. The van der Waals surface area contributed by atoms with Gasteiger partial charge in [0.05, 0.1) is 5.56 Å². The summed E-state index contributed by atoms with van der Waals surface area (Å²) in [4.78, 5) is 6.15. The maximum absolute atomic E-state index is 8.82. The molecule has 17 heavy (non-hydrogen) atoms. The molecule has 2 aromatic heterocycles. The zero-order chi connectivity index (χ0) is 12.4. The van der Waals surface area contributed by atoms with Gasteiger partial charge in [-0.15, -0.1) is 0 Å². The van der Waals surface area contributed by atoms with Crippen LogP contribution in [0.4, 0.5) is 5.95 Å². The van der Waals surface area contributed by atoms with Gasteiger partial charge in [0, 0.05) is 26.8 Å². The van der Waals surface area contributed by atoms with Gasteiger partial charge in [-0.3, -0.25) is 0 Å². The average molecular weight is 231 g/mol. The lowest BCUT2D eigenvalue weighted by Crippen LogP contribution is -2.16. The molecule has 0 saturated heterocycles. The van der Waals surface area contributed by atoms with Crippen LogP contribution < -0.4 is 4.90 Å². The van der Waals surface area contributed by atoms with Crippen molar-refractivity contribution in [1.82, 2.24) is 14.7 Å². The van der Waals surface area contributed by atoms with Crippen molar-refractivity contribution in [1.29, 1.82) is 5.26 Å². The summed E-state index contributed by atoms with van der Waals surface area (Å²) in [6.45, 7) is 2.81. The number of aryl methyl sites for hydroxylation is 1. The third-order valence-corrected chi connectivity index (χ3v) is 2.58. The van der Waals surface area contributed by atoms with Crippen LogP contribution in [0.2, 0.25) is 0 Å². The van der Waals surface area contributed by atoms with E-state index in [1.807, 2.05) is 25.9 Å². The maximum Gasteiger partial charge on any atom is 0.276 e. The fourth-order valence-corrected chi connectivity index (χ4v) is 1.45. The summed E-state index contributed by atoms with van der Waals surface area (Å²) in [5.74, 6) is 0.964. The Labute approximate surface area is 99.1 Å². The molecule has 0 aliphatic heterocycles. The number of aromatic nitrogens is 3. The van der Waals surface area contributed by atoms with Crippen molar-refractivity contribution in [3.05, 3.63) is 17.8 Å². The lowest BCUT2D eigenvalue weighted by Gasteiger charge is -2.08. The van der Waals surface area contributed by atoms with Crippen LogP contribution in [0.3, 0.4) is 0 Å². The molecule has 0 fully saturated rings. The Morgan fingerprint density at radius 2 is 2.35 bits per heavy atom. The molecule has 0 unspecified atom stereocenters. The van der Waals surface area contributed by atoms with Crippen molar-refractivity contribution < 1.29 is 4.52 Å². The molecule has 0 bridgehead atoms. The van der Waals surface area contributed by atoms with E-state index in [0.717, 1.165) is 12.2 Å². The smallest absolute Gasteiger partial charge is 0.276 e. The van der Waals surface area contributed by atoms with Gasteiger partial charge < -0.3 is 14.0 Å². The van der Waals surface area contributed by atoms with Crippen LogP contribution in [0.25, 0.3) is 11.6 Å². The quantitative estimate of drug-likeness (QED) is 0.798. The molecule has 2 heterocycles. The number of hydrogen-bond acceptors (Lipinski definition) is 5. The first-order chi connectivity index (χ1) is 8.15. The number of nitriles is 1. The van der Waals surface area contributed by atoms with Crippen LogP contribution in [-0.2, 0) is 7.05 Å². The summed E-state index contributed by atoms with van der Waals surface area (Å²) in [6, 6.07) is 3.80. The fraction of sp³-hybridized carbons (Fsp3) is 0.364. The molecule has 0 amide bonds. The van der Waals surface area contributed by atoms with Gasteiger partial charge in [0.15, 0.2) is 0 Å². The molecule has 0 saturated carbocycles. The lowest BCUT2D eigenvalue weighted by atomic mass is 10.3. The van der Waals surface area contributed by atoms with Crippen molar-refractivity contribution in [2.24, 2.45) is 7.05 Å². The summed E-state index contributed by atoms with van der Waals surface area (Å²) >= 11 is 0. The van der Waals surface area contributed by atoms with Crippen LogP contribution in [0.15, 0.2) is 16.8 Å². The second-order valence-corrected chi connectivity index (χ2v) is 3.75. The summed E-state index contributed by atoms with van der Waals surface area (Å²) in [7, 11) is 3.73. The molecular weight excluding hydrogens is 218 g/mol. The molecule has 6 nitrogen and oxygen atoms in total. The fourth-order valence-electron chi connectivity index (χ4n) is 1.45. The summed E-state index contributed by atoms with van der Waals surface area (Å²) in [5, 5.41) is 12.7. The molecule has 6 heteroatoms.